The highest BCUT2D eigenvalue weighted by atomic mass is 127. The lowest BCUT2D eigenvalue weighted by atomic mass is 9.98. The minimum absolute atomic E-state index is 0.629. The van der Waals surface area contributed by atoms with Crippen LogP contribution in [0.25, 0.3) is 22.2 Å². The van der Waals surface area contributed by atoms with Gasteiger partial charge in [0.25, 0.3) is 0 Å². The fourth-order valence-electron chi connectivity index (χ4n) is 3.24. The van der Waals surface area contributed by atoms with Crippen LogP contribution in [0.1, 0.15) is 12.8 Å². The number of rotatable bonds is 4. The molecule has 3 aromatic heterocycles. The van der Waals surface area contributed by atoms with E-state index < -0.39 is 0 Å². The predicted octanol–water partition coefficient (Wildman–Crippen LogP) is 3.69. The summed E-state index contributed by atoms with van der Waals surface area (Å²) in [4.78, 5) is 4.73. The summed E-state index contributed by atoms with van der Waals surface area (Å²) < 4.78 is 4.27. The van der Waals surface area contributed by atoms with Crippen molar-refractivity contribution in [2.75, 3.05) is 13.1 Å². The molecule has 0 spiro atoms. The van der Waals surface area contributed by atoms with Crippen LogP contribution in [-0.2, 0) is 6.54 Å². The topological polar surface area (TPSA) is 47.7 Å². The van der Waals surface area contributed by atoms with Gasteiger partial charge in [-0.3, -0.25) is 0 Å². The summed E-state index contributed by atoms with van der Waals surface area (Å²) in [6.07, 6.45) is 11.3. The number of aromatic nitrogens is 4. The lowest BCUT2D eigenvalue weighted by molar-refractivity contribution is 0.336. The Hall–Kier alpha value is -0.980. The number of piperidine rings is 1. The summed E-state index contributed by atoms with van der Waals surface area (Å²) in [6, 6.07) is 4.40. The Kier molecular flexibility index (Phi) is 4.64. The summed E-state index contributed by atoms with van der Waals surface area (Å²) in [5.74, 6) is 0.760. The van der Waals surface area contributed by atoms with E-state index in [4.69, 9.17) is 4.98 Å². The number of halogens is 1. The van der Waals surface area contributed by atoms with Gasteiger partial charge < -0.3 is 9.88 Å². The van der Waals surface area contributed by atoms with E-state index in [0.29, 0.717) is 6.37 Å². The van der Waals surface area contributed by atoms with Gasteiger partial charge in [0.15, 0.2) is 0 Å². The molecule has 0 amide bonds. The van der Waals surface area contributed by atoms with E-state index in [9.17, 15) is 0 Å². The van der Waals surface area contributed by atoms with Gasteiger partial charge in [-0.2, -0.15) is 5.10 Å². The summed E-state index contributed by atoms with van der Waals surface area (Å²) >= 11 is 2.33. The van der Waals surface area contributed by atoms with Gasteiger partial charge >= 0.3 is 0 Å². The van der Waals surface area contributed by atoms with Crippen molar-refractivity contribution in [2.45, 2.75) is 19.4 Å². The highest BCUT2D eigenvalue weighted by Gasteiger charge is 2.15. The van der Waals surface area contributed by atoms with Gasteiger partial charge in [-0.05, 0) is 66.0 Å². The number of hydrogen-bond acceptors (Lipinski definition) is 3. The van der Waals surface area contributed by atoms with Crippen LogP contribution in [0.5, 0.6) is 0 Å². The molecule has 0 bridgehead atoms. The van der Waals surface area contributed by atoms with E-state index in [-0.39, 0.29) is 0 Å². The maximum atomic E-state index is 4.73. The highest BCUT2D eigenvalue weighted by molar-refractivity contribution is 14.2. The lowest BCUT2D eigenvalue weighted by Gasteiger charge is -2.23. The van der Waals surface area contributed by atoms with Crippen LogP contribution in [-0.4, -0.2) is 32.2 Å². The molecule has 1 aliphatic heterocycles. The van der Waals surface area contributed by atoms with Crippen molar-refractivity contribution < 1.29 is 0 Å². The zero-order valence-electron chi connectivity index (χ0n) is 12.7. The Morgan fingerprint density at radius 2 is 2.13 bits per heavy atom. The number of nitrogens with zero attached hydrogens (tertiary/aromatic N) is 4. The van der Waals surface area contributed by atoms with Gasteiger partial charge in [0.05, 0.1) is 12.6 Å². The first-order valence-electron chi connectivity index (χ1n) is 7.91. The third-order valence-electron chi connectivity index (χ3n) is 4.52. The van der Waals surface area contributed by atoms with Crippen LogP contribution in [0, 0.1) is 5.92 Å². The molecule has 1 atom stereocenters. The molecule has 0 radical (unpaired) electrons. The molecule has 0 aromatic carbocycles. The number of hydrogen-bond donors (Lipinski definition) is 1. The molecule has 3 aromatic rings. The second-order valence-electron chi connectivity index (χ2n) is 6.06. The Morgan fingerprint density at radius 3 is 2.91 bits per heavy atom. The Balaban J connectivity index is 1.60. The SMILES string of the molecule is IPn1cc(-c2cnc3c(ccn3CC3CCNCC3)c2)cn1. The van der Waals surface area contributed by atoms with Crippen LogP contribution < -0.4 is 5.32 Å². The molecular formula is C16H19IN5P. The van der Waals surface area contributed by atoms with E-state index in [1.54, 1.807) is 0 Å². The molecule has 5 nitrogen and oxygen atoms in total. The van der Waals surface area contributed by atoms with E-state index in [1.165, 1.54) is 18.2 Å². The maximum Gasteiger partial charge on any atom is 0.139 e. The monoisotopic (exact) mass is 439 g/mol. The Labute approximate surface area is 150 Å². The van der Waals surface area contributed by atoms with E-state index >= 15 is 0 Å². The average molecular weight is 439 g/mol. The van der Waals surface area contributed by atoms with Crippen LogP contribution in [0.3, 0.4) is 0 Å². The molecule has 0 aliphatic carbocycles. The number of pyridine rings is 1. The van der Waals surface area contributed by atoms with Crippen LogP contribution in [0.4, 0.5) is 0 Å². The van der Waals surface area contributed by atoms with Gasteiger partial charge in [-0.25, -0.2) is 9.44 Å². The standard InChI is InChI=1S/C16H19IN5P/c17-23-22-11-15(9-20-22)14-7-13-3-6-21(16(13)19-8-14)10-12-1-4-18-5-2-12/h3,6-9,11-12,18,23H,1-2,4-5,10H2. The fraction of sp³-hybridized carbons (Fsp3) is 0.375. The molecule has 1 saturated heterocycles. The van der Waals surface area contributed by atoms with Crippen molar-refractivity contribution in [3.05, 3.63) is 36.9 Å². The smallest absolute Gasteiger partial charge is 0.139 e. The second-order valence-corrected chi connectivity index (χ2v) is 8.13. The van der Waals surface area contributed by atoms with E-state index in [1.807, 2.05) is 16.8 Å². The Morgan fingerprint density at radius 1 is 1.26 bits per heavy atom. The highest BCUT2D eigenvalue weighted by Crippen LogP contribution is 2.28. The quantitative estimate of drug-likeness (QED) is 0.499. The summed E-state index contributed by atoms with van der Waals surface area (Å²) in [6.45, 7) is 3.36. The van der Waals surface area contributed by atoms with Crippen molar-refractivity contribution in [3.63, 3.8) is 0 Å². The summed E-state index contributed by atoms with van der Waals surface area (Å²) in [5, 5.41) is 9.00. The van der Waals surface area contributed by atoms with Crippen molar-refractivity contribution in [1.82, 2.24) is 24.4 Å². The molecule has 1 unspecified atom stereocenters. The van der Waals surface area contributed by atoms with Crippen LogP contribution >= 0.6 is 28.4 Å². The van der Waals surface area contributed by atoms with Crippen LogP contribution in [0.2, 0.25) is 0 Å². The molecule has 1 fully saturated rings. The minimum Gasteiger partial charge on any atom is -0.332 e. The van der Waals surface area contributed by atoms with E-state index in [0.717, 1.165) is 42.3 Å². The minimum atomic E-state index is 0.629. The largest absolute Gasteiger partial charge is 0.332 e. The van der Waals surface area contributed by atoms with Crippen molar-refractivity contribution >= 4 is 39.4 Å². The molecule has 4 heterocycles. The predicted molar refractivity (Wildman–Crippen MR) is 104 cm³/mol. The first-order chi connectivity index (χ1) is 11.3. The Bertz CT molecular complexity index is 806. The first kappa shape index (κ1) is 15.5. The lowest BCUT2D eigenvalue weighted by Crippen LogP contribution is -2.29. The molecule has 4 rings (SSSR count). The normalized spacial score (nSPS) is 16.7. The van der Waals surface area contributed by atoms with Crippen LogP contribution in [0.15, 0.2) is 36.9 Å². The average Bonchev–Trinajstić information content (AvgIpc) is 3.23. The molecule has 1 aliphatic rings. The zero-order valence-corrected chi connectivity index (χ0v) is 15.9. The number of nitrogens with one attached hydrogen (secondary N) is 1. The third-order valence-corrected chi connectivity index (χ3v) is 6.42. The molecule has 7 heteroatoms. The molecule has 23 heavy (non-hydrogen) atoms. The third kappa shape index (κ3) is 3.30. The van der Waals surface area contributed by atoms with Crippen molar-refractivity contribution in [1.29, 1.82) is 0 Å². The summed E-state index contributed by atoms with van der Waals surface area (Å²) in [5.41, 5.74) is 3.36. The van der Waals surface area contributed by atoms with Gasteiger partial charge in [0, 0.05) is 41.6 Å². The molecule has 0 saturated carbocycles. The van der Waals surface area contributed by atoms with Gasteiger partial charge in [0.2, 0.25) is 0 Å². The summed E-state index contributed by atoms with van der Waals surface area (Å²) in [7, 11) is 0. The number of fused-ring (bicyclic) bond motifs is 1. The van der Waals surface area contributed by atoms with Crippen molar-refractivity contribution in [2.24, 2.45) is 5.92 Å². The maximum absolute atomic E-state index is 4.73. The molecular weight excluding hydrogens is 420 g/mol. The van der Waals surface area contributed by atoms with Gasteiger partial charge in [0.1, 0.15) is 5.65 Å². The molecule has 120 valence electrons. The van der Waals surface area contributed by atoms with Crippen molar-refractivity contribution in [3.8, 4) is 11.1 Å². The van der Waals surface area contributed by atoms with Gasteiger partial charge in [-0.15, -0.1) is 0 Å². The zero-order chi connectivity index (χ0) is 15.6. The second kappa shape index (κ2) is 6.87. The molecule has 1 N–H and O–H groups in total. The fourth-order valence-corrected chi connectivity index (χ4v) is 4.32. The van der Waals surface area contributed by atoms with E-state index in [2.05, 4.69) is 61.5 Å². The first-order valence-corrected chi connectivity index (χ1v) is 12.0. The van der Waals surface area contributed by atoms with Gasteiger partial charge in [-0.1, -0.05) is 0 Å².